The fourth-order valence-electron chi connectivity index (χ4n) is 1.42. The lowest BCUT2D eigenvalue weighted by atomic mass is 9.77. The molecular weight excluding hydrogens is 150 g/mol. The molecule has 0 fully saturated rings. The number of allylic oxidation sites excluding steroid dienone is 2. The highest BCUT2D eigenvalue weighted by atomic mass is 16.1. The Balaban J connectivity index is 2.56. The quantitative estimate of drug-likeness (QED) is 0.626. The summed E-state index contributed by atoms with van der Waals surface area (Å²) in [6.45, 7) is 2.10. The molecule has 2 nitrogen and oxygen atoms in total. The smallest absolute Gasteiger partial charge is 0.155 e. The van der Waals surface area contributed by atoms with Crippen molar-refractivity contribution in [1.29, 1.82) is 5.26 Å². The molecule has 1 aliphatic rings. The van der Waals surface area contributed by atoms with Crippen LogP contribution in [0, 0.1) is 16.7 Å². The third-order valence-electron chi connectivity index (χ3n) is 2.42. The van der Waals surface area contributed by atoms with E-state index in [1.165, 1.54) is 0 Å². The molecule has 1 atom stereocenters. The van der Waals surface area contributed by atoms with Crippen molar-refractivity contribution < 1.29 is 4.79 Å². The Morgan fingerprint density at radius 2 is 2.50 bits per heavy atom. The highest BCUT2D eigenvalue weighted by Crippen LogP contribution is 2.33. The largest absolute Gasteiger partial charge is 0.295 e. The molecule has 0 unspecified atom stereocenters. The number of nitrogens with zero attached hydrogens (tertiary/aromatic N) is 1. The summed E-state index contributed by atoms with van der Waals surface area (Å²) in [7, 11) is 0. The van der Waals surface area contributed by atoms with E-state index in [1.54, 1.807) is 6.08 Å². The first-order chi connectivity index (χ1) is 5.66. The van der Waals surface area contributed by atoms with Crippen molar-refractivity contribution in [2.75, 3.05) is 0 Å². The van der Waals surface area contributed by atoms with Gasteiger partial charge in [0.25, 0.3) is 0 Å². The van der Waals surface area contributed by atoms with Gasteiger partial charge in [0, 0.05) is 12.8 Å². The van der Waals surface area contributed by atoms with Crippen molar-refractivity contribution in [3.63, 3.8) is 0 Å². The molecule has 2 heteroatoms. The molecule has 0 spiro atoms. The second-order valence-electron chi connectivity index (χ2n) is 3.61. The molecular formula is C10H13NO. The van der Waals surface area contributed by atoms with Crippen LogP contribution < -0.4 is 0 Å². The topological polar surface area (TPSA) is 40.9 Å². The number of rotatable bonds is 2. The summed E-state index contributed by atoms with van der Waals surface area (Å²) in [5.74, 6) is 0.212. The van der Waals surface area contributed by atoms with Crippen LogP contribution in [0.25, 0.3) is 0 Å². The first-order valence-corrected chi connectivity index (χ1v) is 4.25. The zero-order valence-electron chi connectivity index (χ0n) is 7.34. The van der Waals surface area contributed by atoms with Gasteiger partial charge in [0.15, 0.2) is 5.78 Å². The molecule has 64 valence electrons. The van der Waals surface area contributed by atoms with Gasteiger partial charge in [-0.25, -0.2) is 0 Å². The molecule has 0 aromatic carbocycles. The molecule has 1 aliphatic carbocycles. The first kappa shape index (κ1) is 8.99. The fraction of sp³-hybridized carbons (Fsp3) is 0.600. The standard InChI is InChI=1S/C10H13NO/c1-10(5-2-8-11)6-3-9(12)4-7-10/h3,6H,2,4-5,7H2,1H3/t10-/m1/s1. The van der Waals surface area contributed by atoms with E-state index in [4.69, 9.17) is 5.26 Å². The molecule has 0 heterocycles. The average Bonchev–Trinajstić information content (AvgIpc) is 2.08. The van der Waals surface area contributed by atoms with Crippen LogP contribution in [-0.4, -0.2) is 5.78 Å². The molecule has 0 aromatic rings. The third kappa shape index (κ3) is 2.20. The van der Waals surface area contributed by atoms with Crippen LogP contribution in [0.15, 0.2) is 12.2 Å². The van der Waals surface area contributed by atoms with Crippen LogP contribution in [0.2, 0.25) is 0 Å². The van der Waals surface area contributed by atoms with Crippen molar-refractivity contribution in [2.24, 2.45) is 5.41 Å². The zero-order valence-corrected chi connectivity index (χ0v) is 7.34. The Bertz CT molecular complexity index is 249. The molecule has 0 N–H and O–H groups in total. The lowest BCUT2D eigenvalue weighted by Crippen LogP contribution is -2.19. The van der Waals surface area contributed by atoms with Crippen LogP contribution >= 0.6 is 0 Å². The third-order valence-corrected chi connectivity index (χ3v) is 2.42. The zero-order chi connectivity index (χ0) is 9.03. The summed E-state index contributed by atoms with van der Waals surface area (Å²) in [6, 6.07) is 2.13. The minimum Gasteiger partial charge on any atom is -0.295 e. The van der Waals surface area contributed by atoms with Gasteiger partial charge in [0.05, 0.1) is 6.07 Å². The average molecular weight is 163 g/mol. The maximum atomic E-state index is 10.9. The van der Waals surface area contributed by atoms with Crippen LogP contribution in [0.1, 0.15) is 32.6 Å². The van der Waals surface area contributed by atoms with E-state index >= 15 is 0 Å². The summed E-state index contributed by atoms with van der Waals surface area (Å²) in [5.41, 5.74) is 0.0869. The minimum atomic E-state index is 0.0869. The molecule has 0 saturated heterocycles. The Morgan fingerprint density at radius 3 is 3.00 bits per heavy atom. The molecule has 12 heavy (non-hydrogen) atoms. The van der Waals surface area contributed by atoms with E-state index in [0.29, 0.717) is 12.8 Å². The van der Waals surface area contributed by atoms with E-state index in [9.17, 15) is 4.79 Å². The predicted molar refractivity (Wildman–Crippen MR) is 46.3 cm³/mol. The van der Waals surface area contributed by atoms with Crippen molar-refractivity contribution in [1.82, 2.24) is 0 Å². The number of nitriles is 1. The van der Waals surface area contributed by atoms with Gasteiger partial charge in [0.2, 0.25) is 0 Å². The highest BCUT2D eigenvalue weighted by Gasteiger charge is 2.24. The van der Waals surface area contributed by atoms with Crippen molar-refractivity contribution in [3.05, 3.63) is 12.2 Å². The van der Waals surface area contributed by atoms with Gasteiger partial charge < -0.3 is 0 Å². The van der Waals surface area contributed by atoms with Crippen LogP contribution in [-0.2, 0) is 4.79 Å². The van der Waals surface area contributed by atoms with Gasteiger partial charge in [-0.05, 0) is 24.3 Å². The molecule has 0 aliphatic heterocycles. The van der Waals surface area contributed by atoms with Gasteiger partial charge in [0.1, 0.15) is 0 Å². The maximum Gasteiger partial charge on any atom is 0.155 e. The minimum absolute atomic E-state index is 0.0869. The molecule has 1 rings (SSSR count). The molecule has 0 amide bonds. The molecule has 0 saturated carbocycles. The van der Waals surface area contributed by atoms with Gasteiger partial charge in [-0.1, -0.05) is 13.0 Å². The predicted octanol–water partition coefficient (Wildman–Crippen LogP) is 2.22. The second kappa shape index (κ2) is 3.53. The summed E-state index contributed by atoms with van der Waals surface area (Å²) in [6.07, 6.45) is 6.59. The van der Waals surface area contributed by atoms with Crippen LogP contribution in [0.5, 0.6) is 0 Å². The molecule has 0 bridgehead atoms. The molecule has 0 aromatic heterocycles. The van der Waals surface area contributed by atoms with Crippen molar-refractivity contribution in [2.45, 2.75) is 32.6 Å². The number of ketones is 1. The SMILES string of the molecule is C[C@@]1(CCC#N)C=CC(=O)CC1. The Kier molecular flexibility index (Phi) is 2.65. The molecule has 0 radical (unpaired) electrons. The van der Waals surface area contributed by atoms with Crippen molar-refractivity contribution in [3.8, 4) is 6.07 Å². The van der Waals surface area contributed by atoms with Gasteiger partial charge in [-0.2, -0.15) is 5.26 Å². The van der Waals surface area contributed by atoms with E-state index in [2.05, 4.69) is 13.0 Å². The normalized spacial score (nSPS) is 28.5. The van der Waals surface area contributed by atoms with Gasteiger partial charge in [-0.15, -0.1) is 0 Å². The van der Waals surface area contributed by atoms with Crippen molar-refractivity contribution >= 4 is 5.78 Å². The highest BCUT2D eigenvalue weighted by molar-refractivity contribution is 5.90. The van der Waals surface area contributed by atoms with E-state index in [0.717, 1.165) is 12.8 Å². The monoisotopic (exact) mass is 163 g/mol. The lowest BCUT2D eigenvalue weighted by molar-refractivity contribution is -0.115. The number of carbonyl (C=O) groups excluding carboxylic acids is 1. The summed E-state index contributed by atoms with van der Waals surface area (Å²) in [5, 5.41) is 8.42. The second-order valence-corrected chi connectivity index (χ2v) is 3.61. The Labute approximate surface area is 72.9 Å². The summed E-state index contributed by atoms with van der Waals surface area (Å²) in [4.78, 5) is 10.9. The number of carbonyl (C=O) groups is 1. The number of hydrogen-bond donors (Lipinski definition) is 0. The fourth-order valence-corrected chi connectivity index (χ4v) is 1.42. The van der Waals surface area contributed by atoms with E-state index in [1.807, 2.05) is 6.08 Å². The van der Waals surface area contributed by atoms with Gasteiger partial charge in [-0.3, -0.25) is 4.79 Å². The summed E-state index contributed by atoms with van der Waals surface area (Å²) >= 11 is 0. The van der Waals surface area contributed by atoms with Crippen LogP contribution in [0.4, 0.5) is 0 Å². The Hall–Kier alpha value is -1.10. The summed E-state index contributed by atoms with van der Waals surface area (Å²) < 4.78 is 0. The number of hydrogen-bond acceptors (Lipinski definition) is 2. The first-order valence-electron chi connectivity index (χ1n) is 4.25. The Morgan fingerprint density at radius 1 is 1.75 bits per heavy atom. The van der Waals surface area contributed by atoms with E-state index < -0.39 is 0 Å². The lowest BCUT2D eigenvalue weighted by Gasteiger charge is -2.27. The maximum absolute atomic E-state index is 10.9. The van der Waals surface area contributed by atoms with Gasteiger partial charge >= 0.3 is 0 Å². The van der Waals surface area contributed by atoms with Crippen LogP contribution in [0.3, 0.4) is 0 Å². The van der Waals surface area contributed by atoms with E-state index in [-0.39, 0.29) is 11.2 Å².